The van der Waals surface area contributed by atoms with E-state index in [0.29, 0.717) is 31.8 Å². The standard InChI is InChI=1S/C11H25NO2/c1-11(2,3)5-4-7-13-9-10-14-8-6-12/h4-10,12H2,1-3H3. The molecule has 0 atom stereocenters. The molecule has 0 aliphatic rings. The monoisotopic (exact) mass is 203 g/mol. The fourth-order valence-electron chi connectivity index (χ4n) is 1.11. The number of rotatable bonds is 8. The summed E-state index contributed by atoms with van der Waals surface area (Å²) in [4.78, 5) is 0. The molecule has 0 unspecified atom stereocenters. The fraction of sp³-hybridized carbons (Fsp3) is 1.00. The Morgan fingerprint density at radius 3 is 2.00 bits per heavy atom. The molecule has 0 fully saturated rings. The molecule has 86 valence electrons. The molecule has 0 rings (SSSR count). The van der Waals surface area contributed by atoms with Crippen molar-refractivity contribution >= 4 is 0 Å². The number of hydrogen-bond acceptors (Lipinski definition) is 3. The lowest BCUT2D eigenvalue weighted by Gasteiger charge is -2.17. The van der Waals surface area contributed by atoms with Gasteiger partial charge in [-0.3, -0.25) is 0 Å². The molecule has 0 aromatic rings. The molecule has 3 nitrogen and oxygen atoms in total. The summed E-state index contributed by atoms with van der Waals surface area (Å²) in [6.07, 6.45) is 2.33. The Kier molecular flexibility index (Phi) is 8.14. The van der Waals surface area contributed by atoms with Crippen LogP contribution in [0.3, 0.4) is 0 Å². The van der Waals surface area contributed by atoms with Gasteiger partial charge in [0, 0.05) is 13.2 Å². The van der Waals surface area contributed by atoms with Crippen molar-refractivity contribution in [1.82, 2.24) is 0 Å². The third-order valence-corrected chi connectivity index (χ3v) is 1.85. The maximum atomic E-state index is 5.41. The first-order chi connectivity index (χ1) is 6.56. The van der Waals surface area contributed by atoms with E-state index < -0.39 is 0 Å². The molecule has 0 saturated heterocycles. The van der Waals surface area contributed by atoms with Crippen molar-refractivity contribution in [2.24, 2.45) is 11.1 Å². The first kappa shape index (κ1) is 13.9. The van der Waals surface area contributed by atoms with Gasteiger partial charge in [0.25, 0.3) is 0 Å². The van der Waals surface area contributed by atoms with Gasteiger partial charge in [-0.25, -0.2) is 0 Å². The molecule has 0 amide bonds. The quantitative estimate of drug-likeness (QED) is 0.612. The van der Waals surface area contributed by atoms with Crippen LogP contribution in [0.1, 0.15) is 33.6 Å². The van der Waals surface area contributed by atoms with Crippen LogP contribution in [0.25, 0.3) is 0 Å². The summed E-state index contributed by atoms with van der Waals surface area (Å²) in [5, 5.41) is 0. The van der Waals surface area contributed by atoms with Gasteiger partial charge >= 0.3 is 0 Å². The van der Waals surface area contributed by atoms with Gasteiger partial charge in [-0.15, -0.1) is 0 Å². The molecule has 2 N–H and O–H groups in total. The maximum absolute atomic E-state index is 5.41. The molecule has 0 saturated carbocycles. The molecule has 0 aromatic carbocycles. The summed E-state index contributed by atoms with van der Waals surface area (Å²) >= 11 is 0. The van der Waals surface area contributed by atoms with Gasteiger partial charge in [-0.1, -0.05) is 20.8 Å². The van der Waals surface area contributed by atoms with E-state index in [-0.39, 0.29) is 0 Å². The molecule has 3 heteroatoms. The van der Waals surface area contributed by atoms with Crippen LogP contribution < -0.4 is 5.73 Å². The molecule has 0 heterocycles. The van der Waals surface area contributed by atoms with Crippen LogP contribution in [-0.4, -0.2) is 33.0 Å². The van der Waals surface area contributed by atoms with Gasteiger partial charge in [0.15, 0.2) is 0 Å². The zero-order valence-corrected chi connectivity index (χ0v) is 9.84. The number of nitrogens with two attached hydrogens (primary N) is 1. The van der Waals surface area contributed by atoms with E-state index in [1.165, 1.54) is 6.42 Å². The lowest BCUT2D eigenvalue weighted by Crippen LogP contribution is -2.13. The van der Waals surface area contributed by atoms with E-state index in [1.54, 1.807) is 0 Å². The Bertz CT molecular complexity index is 121. The van der Waals surface area contributed by atoms with E-state index in [0.717, 1.165) is 13.0 Å². The van der Waals surface area contributed by atoms with Crippen molar-refractivity contribution in [2.45, 2.75) is 33.6 Å². The van der Waals surface area contributed by atoms with Crippen molar-refractivity contribution in [3.05, 3.63) is 0 Å². The van der Waals surface area contributed by atoms with E-state index in [9.17, 15) is 0 Å². The van der Waals surface area contributed by atoms with Gasteiger partial charge in [-0.05, 0) is 18.3 Å². The van der Waals surface area contributed by atoms with Crippen LogP contribution in [0.15, 0.2) is 0 Å². The molecule has 0 aliphatic heterocycles. The van der Waals surface area contributed by atoms with Gasteiger partial charge < -0.3 is 15.2 Å². The summed E-state index contributed by atoms with van der Waals surface area (Å²) in [6.45, 7) is 10.1. The van der Waals surface area contributed by atoms with Gasteiger partial charge in [0.05, 0.1) is 19.8 Å². The Morgan fingerprint density at radius 1 is 0.929 bits per heavy atom. The zero-order chi connectivity index (χ0) is 10.9. The molecule has 0 aliphatic carbocycles. The highest BCUT2D eigenvalue weighted by atomic mass is 16.5. The summed E-state index contributed by atoms with van der Waals surface area (Å²) in [6, 6.07) is 0. The molecule has 0 aromatic heterocycles. The second-order valence-electron chi connectivity index (χ2n) is 4.68. The SMILES string of the molecule is CC(C)(C)CCCOCCOCCN. The summed E-state index contributed by atoms with van der Waals surface area (Å²) < 4.78 is 10.6. The van der Waals surface area contributed by atoms with E-state index in [1.807, 2.05) is 0 Å². The normalized spacial score (nSPS) is 12.0. The van der Waals surface area contributed by atoms with E-state index in [4.69, 9.17) is 15.2 Å². The highest BCUT2D eigenvalue weighted by Crippen LogP contribution is 2.20. The zero-order valence-electron chi connectivity index (χ0n) is 9.84. The second-order valence-corrected chi connectivity index (χ2v) is 4.68. The Hall–Kier alpha value is -0.120. The Morgan fingerprint density at radius 2 is 1.50 bits per heavy atom. The minimum atomic E-state index is 0.416. The van der Waals surface area contributed by atoms with Crippen LogP contribution in [0, 0.1) is 5.41 Å². The molecule has 0 radical (unpaired) electrons. The Balaban J connectivity index is 2.99. The smallest absolute Gasteiger partial charge is 0.0701 e. The van der Waals surface area contributed by atoms with E-state index >= 15 is 0 Å². The van der Waals surface area contributed by atoms with Crippen LogP contribution in [0.2, 0.25) is 0 Å². The molecule has 0 bridgehead atoms. The van der Waals surface area contributed by atoms with E-state index in [2.05, 4.69) is 20.8 Å². The molecule has 14 heavy (non-hydrogen) atoms. The topological polar surface area (TPSA) is 44.5 Å². The second kappa shape index (κ2) is 8.21. The van der Waals surface area contributed by atoms with Crippen molar-refractivity contribution in [3.63, 3.8) is 0 Å². The number of ether oxygens (including phenoxy) is 2. The number of hydrogen-bond donors (Lipinski definition) is 1. The average molecular weight is 203 g/mol. The molecular formula is C11H25NO2. The van der Waals surface area contributed by atoms with Crippen LogP contribution in [-0.2, 0) is 9.47 Å². The minimum absolute atomic E-state index is 0.416. The highest BCUT2D eigenvalue weighted by Gasteiger charge is 2.08. The third kappa shape index (κ3) is 11.9. The van der Waals surface area contributed by atoms with Crippen LogP contribution in [0.5, 0.6) is 0 Å². The maximum Gasteiger partial charge on any atom is 0.0701 e. The lowest BCUT2D eigenvalue weighted by atomic mass is 9.91. The lowest BCUT2D eigenvalue weighted by molar-refractivity contribution is 0.0470. The Labute approximate surface area is 88.0 Å². The van der Waals surface area contributed by atoms with Crippen molar-refractivity contribution < 1.29 is 9.47 Å². The first-order valence-electron chi connectivity index (χ1n) is 5.42. The fourth-order valence-corrected chi connectivity index (χ4v) is 1.11. The third-order valence-electron chi connectivity index (χ3n) is 1.85. The van der Waals surface area contributed by atoms with Gasteiger partial charge in [-0.2, -0.15) is 0 Å². The average Bonchev–Trinajstić information content (AvgIpc) is 2.08. The van der Waals surface area contributed by atoms with Crippen molar-refractivity contribution in [1.29, 1.82) is 0 Å². The highest BCUT2D eigenvalue weighted by molar-refractivity contribution is 4.60. The van der Waals surface area contributed by atoms with Gasteiger partial charge in [0.2, 0.25) is 0 Å². The van der Waals surface area contributed by atoms with Crippen molar-refractivity contribution in [3.8, 4) is 0 Å². The molecule has 0 spiro atoms. The van der Waals surface area contributed by atoms with Crippen LogP contribution in [0.4, 0.5) is 0 Å². The predicted octanol–water partition coefficient (Wildman–Crippen LogP) is 1.80. The minimum Gasteiger partial charge on any atom is -0.379 e. The summed E-state index contributed by atoms with van der Waals surface area (Å²) in [5.74, 6) is 0. The first-order valence-corrected chi connectivity index (χ1v) is 5.42. The molecular weight excluding hydrogens is 178 g/mol. The predicted molar refractivity (Wildman–Crippen MR) is 59.4 cm³/mol. The summed E-state index contributed by atoms with van der Waals surface area (Å²) in [5.41, 5.74) is 5.69. The summed E-state index contributed by atoms with van der Waals surface area (Å²) in [7, 11) is 0. The largest absolute Gasteiger partial charge is 0.379 e. The van der Waals surface area contributed by atoms with Crippen molar-refractivity contribution in [2.75, 3.05) is 33.0 Å². The van der Waals surface area contributed by atoms with Crippen LogP contribution >= 0.6 is 0 Å². The van der Waals surface area contributed by atoms with Gasteiger partial charge in [0.1, 0.15) is 0 Å².